The van der Waals surface area contributed by atoms with Crippen molar-refractivity contribution in [3.63, 3.8) is 0 Å². The normalized spacial score (nSPS) is 13.8. The quantitative estimate of drug-likeness (QED) is 0.594. The van der Waals surface area contributed by atoms with Crippen molar-refractivity contribution in [2.45, 2.75) is 26.4 Å². The summed E-state index contributed by atoms with van der Waals surface area (Å²) in [5.74, 6) is -1.57. The molecule has 0 aliphatic heterocycles. The average molecular weight is 240 g/mol. The number of nitrogens with one attached hydrogen (secondary N) is 3. The number of carbonyl (C=O) groups is 2. The van der Waals surface area contributed by atoms with Gasteiger partial charge in [-0.2, -0.15) is 0 Å². The highest BCUT2D eigenvalue weighted by Crippen LogP contribution is 2.01. The lowest BCUT2D eigenvalue weighted by Gasteiger charge is -2.17. The molecule has 0 fully saturated rings. The fraction of sp³-hybridized carbons (Fsp3) is 0.500. The molecule has 1 rings (SSSR count). The summed E-state index contributed by atoms with van der Waals surface area (Å²) in [6.45, 7) is 3.51. The van der Waals surface area contributed by atoms with Gasteiger partial charge in [0, 0.05) is 12.2 Å². The average Bonchev–Trinajstić information content (AvgIpc) is 2.77. The van der Waals surface area contributed by atoms with Crippen LogP contribution in [0.1, 0.15) is 19.5 Å². The minimum atomic E-state index is -0.939. The summed E-state index contributed by atoms with van der Waals surface area (Å²) in [5, 5.41) is 13.9. The molecule has 2 amide bonds. The van der Waals surface area contributed by atoms with Gasteiger partial charge in [-0.1, -0.05) is 0 Å². The zero-order chi connectivity index (χ0) is 12.8. The first-order chi connectivity index (χ1) is 8.00. The Morgan fingerprint density at radius 2 is 2.24 bits per heavy atom. The fourth-order valence-corrected chi connectivity index (χ4v) is 1.15. The van der Waals surface area contributed by atoms with Crippen molar-refractivity contribution in [3.8, 4) is 0 Å². The molecule has 17 heavy (non-hydrogen) atoms. The summed E-state index contributed by atoms with van der Waals surface area (Å²) in [5.41, 5.74) is 0.777. The number of aromatic amines is 1. The van der Waals surface area contributed by atoms with Crippen molar-refractivity contribution < 1.29 is 14.7 Å². The van der Waals surface area contributed by atoms with E-state index in [9.17, 15) is 9.59 Å². The van der Waals surface area contributed by atoms with Gasteiger partial charge < -0.3 is 20.7 Å². The monoisotopic (exact) mass is 240 g/mol. The summed E-state index contributed by atoms with van der Waals surface area (Å²) >= 11 is 0. The Morgan fingerprint density at radius 1 is 1.53 bits per heavy atom. The van der Waals surface area contributed by atoms with Gasteiger partial charge in [-0.15, -0.1) is 0 Å². The van der Waals surface area contributed by atoms with Crippen LogP contribution >= 0.6 is 0 Å². The first-order valence-electron chi connectivity index (χ1n) is 5.25. The van der Waals surface area contributed by atoms with E-state index < -0.39 is 24.0 Å². The molecule has 94 valence electrons. The highest BCUT2D eigenvalue weighted by atomic mass is 16.4. The number of amides is 2. The van der Waals surface area contributed by atoms with E-state index >= 15 is 0 Å². The van der Waals surface area contributed by atoms with Gasteiger partial charge in [-0.05, 0) is 13.8 Å². The van der Waals surface area contributed by atoms with Gasteiger partial charge in [0.05, 0.1) is 24.5 Å². The van der Waals surface area contributed by atoms with E-state index in [1.807, 2.05) is 0 Å². The Morgan fingerprint density at radius 3 is 2.76 bits per heavy atom. The van der Waals surface area contributed by atoms with Crippen molar-refractivity contribution in [2.75, 3.05) is 0 Å². The summed E-state index contributed by atoms with van der Waals surface area (Å²) in [6.07, 6.45) is 3.12. The molecule has 7 nitrogen and oxygen atoms in total. The number of imidazole rings is 1. The van der Waals surface area contributed by atoms with Crippen LogP contribution in [0.25, 0.3) is 0 Å². The number of carbonyl (C=O) groups excluding carboxylic acids is 1. The van der Waals surface area contributed by atoms with Gasteiger partial charge in [0.15, 0.2) is 0 Å². The predicted molar refractivity (Wildman–Crippen MR) is 60.2 cm³/mol. The smallest absolute Gasteiger partial charge is 0.315 e. The zero-order valence-corrected chi connectivity index (χ0v) is 9.73. The SMILES string of the molecule is CC(NC(=O)NCc1cnc[nH]1)C(C)C(=O)O. The second-order valence-corrected chi connectivity index (χ2v) is 3.82. The van der Waals surface area contributed by atoms with E-state index in [-0.39, 0.29) is 0 Å². The third-order valence-electron chi connectivity index (χ3n) is 2.49. The molecule has 0 aliphatic carbocycles. The van der Waals surface area contributed by atoms with Crippen LogP contribution in [-0.2, 0) is 11.3 Å². The number of rotatable bonds is 5. The van der Waals surface area contributed by atoms with Crippen LogP contribution in [0.5, 0.6) is 0 Å². The Hall–Kier alpha value is -2.05. The van der Waals surface area contributed by atoms with Gasteiger partial charge >= 0.3 is 12.0 Å². The van der Waals surface area contributed by atoms with Crippen molar-refractivity contribution >= 4 is 12.0 Å². The molecule has 0 bridgehead atoms. The first kappa shape index (κ1) is 13.0. The van der Waals surface area contributed by atoms with Crippen molar-refractivity contribution in [2.24, 2.45) is 5.92 Å². The maximum absolute atomic E-state index is 11.4. The lowest BCUT2D eigenvalue weighted by atomic mass is 10.0. The third kappa shape index (κ3) is 4.13. The largest absolute Gasteiger partial charge is 0.481 e. The minimum absolute atomic E-state index is 0.319. The molecule has 0 radical (unpaired) electrons. The number of urea groups is 1. The lowest BCUT2D eigenvalue weighted by Crippen LogP contribution is -2.45. The number of aromatic nitrogens is 2. The van der Waals surface area contributed by atoms with Crippen LogP contribution in [-0.4, -0.2) is 33.1 Å². The van der Waals surface area contributed by atoms with Gasteiger partial charge in [-0.25, -0.2) is 9.78 Å². The zero-order valence-electron chi connectivity index (χ0n) is 9.73. The molecule has 2 unspecified atom stereocenters. The fourth-order valence-electron chi connectivity index (χ4n) is 1.15. The molecule has 0 spiro atoms. The van der Waals surface area contributed by atoms with E-state index in [1.165, 1.54) is 6.33 Å². The number of carboxylic acid groups (broad SMARTS) is 1. The van der Waals surface area contributed by atoms with Crippen LogP contribution in [0.2, 0.25) is 0 Å². The molecule has 0 saturated carbocycles. The molecule has 7 heteroatoms. The van der Waals surface area contributed by atoms with E-state index in [2.05, 4.69) is 20.6 Å². The molecule has 1 aromatic rings. The molecule has 0 aliphatic rings. The van der Waals surface area contributed by atoms with E-state index in [1.54, 1.807) is 20.0 Å². The van der Waals surface area contributed by atoms with Crippen LogP contribution in [0, 0.1) is 5.92 Å². The van der Waals surface area contributed by atoms with Crippen LogP contribution < -0.4 is 10.6 Å². The number of hydrogen-bond donors (Lipinski definition) is 4. The van der Waals surface area contributed by atoms with E-state index in [0.717, 1.165) is 5.69 Å². The Balaban J connectivity index is 2.32. The van der Waals surface area contributed by atoms with Crippen molar-refractivity contribution in [1.29, 1.82) is 0 Å². The Labute approximate surface area is 98.6 Å². The standard InChI is InChI=1S/C10H16N4O3/c1-6(9(15)16)7(2)14-10(17)12-4-8-3-11-5-13-8/h3,5-7H,4H2,1-2H3,(H,11,13)(H,15,16)(H2,12,14,17). The van der Waals surface area contributed by atoms with Crippen molar-refractivity contribution in [1.82, 2.24) is 20.6 Å². The first-order valence-corrected chi connectivity index (χ1v) is 5.25. The molecule has 0 saturated heterocycles. The second-order valence-electron chi connectivity index (χ2n) is 3.82. The summed E-state index contributed by atoms with van der Waals surface area (Å²) in [7, 11) is 0. The van der Waals surface area contributed by atoms with Gasteiger partial charge in [0.2, 0.25) is 0 Å². The summed E-state index contributed by atoms with van der Waals surface area (Å²) < 4.78 is 0. The highest BCUT2D eigenvalue weighted by Gasteiger charge is 2.20. The topological polar surface area (TPSA) is 107 Å². The molecule has 0 aromatic carbocycles. The Kier molecular flexibility index (Phi) is 4.50. The third-order valence-corrected chi connectivity index (χ3v) is 2.49. The molecule has 2 atom stereocenters. The van der Waals surface area contributed by atoms with Gasteiger partial charge in [-0.3, -0.25) is 4.79 Å². The number of nitrogens with zero attached hydrogens (tertiary/aromatic N) is 1. The second kappa shape index (κ2) is 5.88. The highest BCUT2D eigenvalue weighted by molar-refractivity contribution is 5.76. The van der Waals surface area contributed by atoms with E-state index in [4.69, 9.17) is 5.11 Å². The molecular formula is C10H16N4O3. The van der Waals surface area contributed by atoms with E-state index in [0.29, 0.717) is 6.54 Å². The number of H-pyrrole nitrogens is 1. The van der Waals surface area contributed by atoms with Crippen molar-refractivity contribution in [3.05, 3.63) is 18.2 Å². The Bertz CT molecular complexity index is 377. The van der Waals surface area contributed by atoms with Gasteiger partial charge in [0.1, 0.15) is 0 Å². The van der Waals surface area contributed by atoms with Crippen LogP contribution in [0.15, 0.2) is 12.5 Å². The molecular weight excluding hydrogens is 224 g/mol. The molecule has 4 N–H and O–H groups in total. The van der Waals surface area contributed by atoms with Crippen LogP contribution in [0.4, 0.5) is 4.79 Å². The summed E-state index contributed by atoms with van der Waals surface area (Å²) in [6, 6.07) is -0.838. The van der Waals surface area contributed by atoms with Crippen LogP contribution in [0.3, 0.4) is 0 Å². The molecule has 1 heterocycles. The molecule has 1 aromatic heterocycles. The van der Waals surface area contributed by atoms with Gasteiger partial charge in [0.25, 0.3) is 0 Å². The number of carboxylic acids is 1. The maximum atomic E-state index is 11.4. The predicted octanol–water partition coefficient (Wildman–Crippen LogP) is 0.318. The number of hydrogen-bond acceptors (Lipinski definition) is 3. The lowest BCUT2D eigenvalue weighted by molar-refractivity contribution is -0.141. The minimum Gasteiger partial charge on any atom is -0.481 e. The number of aliphatic carboxylic acids is 1. The maximum Gasteiger partial charge on any atom is 0.315 e. The summed E-state index contributed by atoms with van der Waals surface area (Å²) in [4.78, 5) is 28.8.